The molecule has 5 heteroatoms. The summed E-state index contributed by atoms with van der Waals surface area (Å²) in [5.41, 5.74) is 0. The minimum Gasteiger partial charge on any atom is -0.425 e. The summed E-state index contributed by atoms with van der Waals surface area (Å²) in [5.74, 6) is 1.97. The highest BCUT2D eigenvalue weighted by Gasteiger charge is 2.32. The van der Waals surface area contributed by atoms with Crippen LogP contribution in [0.15, 0.2) is 4.42 Å². The summed E-state index contributed by atoms with van der Waals surface area (Å²) in [6.45, 7) is 6.59. The van der Waals surface area contributed by atoms with E-state index >= 15 is 0 Å². The minimum absolute atomic E-state index is 0.450. The van der Waals surface area contributed by atoms with Crippen molar-refractivity contribution in [2.45, 2.75) is 38.1 Å². The van der Waals surface area contributed by atoms with E-state index in [1.807, 2.05) is 6.92 Å². The molecule has 0 aromatic carbocycles. The average Bonchev–Trinajstić information content (AvgIpc) is 2.98. The number of rotatable bonds is 2. The predicted octanol–water partition coefficient (Wildman–Crippen LogP) is 1.26. The van der Waals surface area contributed by atoms with Crippen molar-refractivity contribution in [1.82, 2.24) is 20.0 Å². The Morgan fingerprint density at radius 3 is 2.56 bits per heavy atom. The lowest BCUT2D eigenvalue weighted by Crippen LogP contribution is -2.42. The molecule has 3 heterocycles. The molecule has 0 aliphatic carbocycles. The van der Waals surface area contributed by atoms with Crippen molar-refractivity contribution >= 4 is 0 Å². The highest BCUT2D eigenvalue weighted by molar-refractivity contribution is 4.98. The number of piperidine rings is 1. The van der Waals surface area contributed by atoms with Crippen LogP contribution in [0.2, 0.25) is 0 Å². The fraction of sp³-hybridized carbons (Fsp3) is 0.846. The first-order valence-electron chi connectivity index (χ1n) is 6.95. The first kappa shape index (κ1) is 12.1. The van der Waals surface area contributed by atoms with E-state index in [2.05, 4.69) is 27.0 Å². The Morgan fingerprint density at radius 1 is 1.11 bits per heavy atom. The van der Waals surface area contributed by atoms with Gasteiger partial charge in [0.05, 0.1) is 5.92 Å². The van der Waals surface area contributed by atoms with Gasteiger partial charge in [-0.2, -0.15) is 0 Å². The third-order valence-electron chi connectivity index (χ3n) is 4.32. The zero-order chi connectivity index (χ0) is 12.5. The molecule has 3 rings (SSSR count). The van der Waals surface area contributed by atoms with E-state index in [0.717, 1.165) is 24.9 Å². The quantitative estimate of drug-likeness (QED) is 0.791. The molecule has 2 aliphatic rings. The SMILES string of the molecule is Cc1nnc([C@H]2CCN(C3CCN(C)CC3)C2)o1. The van der Waals surface area contributed by atoms with Gasteiger partial charge >= 0.3 is 0 Å². The molecule has 18 heavy (non-hydrogen) atoms. The summed E-state index contributed by atoms with van der Waals surface area (Å²) < 4.78 is 5.56. The van der Waals surface area contributed by atoms with Gasteiger partial charge in [-0.05, 0) is 45.9 Å². The molecule has 0 bridgehead atoms. The number of aromatic nitrogens is 2. The lowest BCUT2D eigenvalue weighted by Gasteiger charge is -2.35. The van der Waals surface area contributed by atoms with Gasteiger partial charge in [0.15, 0.2) is 0 Å². The van der Waals surface area contributed by atoms with Gasteiger partial charge in [0.1, 0.15) is 0 Å². The number of hydrogen-bond donors (Lipinski definition) is 0. The van der Waals surface area contributed by atoms with Crippen LogP contribution in [-0.4, -0.2) is 59.3 Å². The van der Waals surface area contributed by atoms with Crippen LogP contribution in [0.25, 0.3) is 0 Å². The summed E-state index contributed by atoms with van der Waals surface area (Å²) in [6.07, 6.45) is 3.76. The van der Waals surface area contributed by atoms with Crippen LogP contribution in [0.1, 0.15) is 37.0 Å². The Hall–Kier alpha value is -0.940. The third kappa shape index (κ3) is 2.42. The molecular formula is C13H22N4O. The maximum absolute atomic E-state index is 5.56. The zero-order valence-corrected chi connectivity index (χ0v) is 11.3. The van der Waals surface area contributed by atoms with Gasteiger partial charge in [0, 0.05) is 19.5 Å². The van der Waals surface area contributed by atoms with E-state index < -0.39 is 0 Å². The lowest BCUT2D eigenvalue weighted by atomic mass is 10.0. The minimum atomic E-state index is 0.450. The fourth-order valence-electron chi connectivity index (χ4n) is 3.16. The van der Waals surface area contributed by atoms with Crippen molar-refractivity contribution in [3.63, 3.8) is 0 Å². The Bertz CT molecular complexity index is 397. The summed E-state index contributed by atoms with van der Waals surface area (Å²) in [6, 6.07) is 0.759. The van der Waals surface area contributed by atoms with Crippen LogP contribution < -0.4 is 0 Å². The van der Waals surface area contributed by atoms with Crippen molar-refractivity contribution in [3.05, 3.63) is 11.8 Å². The van der Waals surface area contributed by atoms with Crippen molar-refractivity contribution in [3.8, 4) is 0 Å². The second-order valence-corrected chi connectivity index (χ2v) is 5.67. The molecule has 0 radical (unpaired) electrons. The molecular weight excluding hydrogens is 228 g/mol. The van der Waals surface area contributed by atoms with Crippen molar-refractivity contribution in [2.75, 3.05) is 33.2 Å². The molecule has 0 saturated carbocycles. The van der Waals surface area contributed by atoms with Crippen LogP contribution in [-0.2, 0) is 0 Å². The van der Waals surface area contributed by atoms with Crippen LogP contribution >= 0.6 is 0 Å². The van der Waals surface area contributed by atoms with Crippen molar-refractivity contribution < 1.29 is 4.42 Å². The van der Waals surface area contributed by atoms with Gasteiger partial charge in [0.2, 0.25) is 11.8 Å². The van der Waals surface area contributed by atoms with E-state index in [-0.39, 0.29) is 0 Å². The van der Waals surface area contributed by atoms with Crippen LogP contribution in [0, 0.1) is 6.92 Å². The van der Waals surface area contributed by atoms with E-state index in [9.17, 15) is 0 Å². The maximum atomic E-state index is 5.56. The first-order valence-corrected chi connectivity index (χ1v) is 6.95. The second-order valence-electron chi connectivity index (χ2n) is 5.67. The highest BCUT2D eigenvalue weighted by atomic mass is 16.4. The second kappa shape index (κ2) is 4.97. The summed E-state index contributed by atoms with van der Waals surface area (Å²) in [7, 11) is 2.21. The largest absolute Gasteiger partial charge is 0.425 e. The van der Waals surface area contributed by atoms with Gasteiger partial charge in [-0.1, -0.05) is 0 Å². The molecule has 0 N–H and O–H groups in total. The summed E-state index contributed by atoms with van der Waals surface area (Å²) >= 11 is 0. The van der Waals surface area contributed by atoms with E-state index in [4.69, 9.17) is 4.42 Å². The molecule has 0 unspecified atom stereocenters. The van der Waals surface area contributed by atoms with E-state index in [1.54, 1.807) is 0 Å². The van der Waals surface area contributed by atoms with Gasteiger partial charge in [-0.3, -0.25) is 4.90 Å². The van der Waals surface area contributed by atoms with Crippen LogP contribution in [0.5, 0.6) is 0 Å². The van der Waals surface area contributed by atoms with Gasteiger partial charge in [0.25, 0.3) is 0 Å². The summed E-state index contributed by atoms with van der Waals surface area (Å²) in [5, 5.41) is 8.10. The molecule has 2 saturated heterocycles. The molecule has 2 aliphatic heterocycles. The molecule has 2 fully saturated rings. The Morgan fingerprint density at radius 2 is 1.89 bits per heavy atom. The molecule has 100 valence electrons. The fourth-order valence-corrected chi connectivity index (χ4v) is 3.16. The standard InChI is InChI=1S/C13H22N4O/c1-10-14-15-13(18-10)11-3-8-17(9-11)12-4-6-16(2)7-5-12/h11-12H,3-9H2,1-2H3/t11-/m0/s1. The Labute approximate surface area is 108 Å². The molecule has 0 spiro atoms. The van der Waals surface area contributed by atoms with Crippen LogP contribution in [0.3, 0.4) is 0 Å². The predicted molar refractivity (Wildman–Crippen MR) is 68.5 cm³/mol. The van der Waals surface area contributed by atoms with Crippen LogP contribution in [0.4, 0.5) is 0 Å². The summed E-state index contributed by atoms with van der Waals surface area (Å²) in [4.78, 5) is 5.04. The monoisotopic (exact) mass is 250 g/mol. The normalized spacial score (nSPS) is 28.0. The third-order valence-corrected chi connectivity index (χ3v) is 4.32. The number of likely N-dealkylation sites (tertiary alicyclic amines) is 2. The highest BCUT2D eigenvalue weighted by Crippen LogP contribution is 2.29. The van der Waals surface area contributed by atoms with Crippen molar-refractivity contribution in [2.24, 2.45) is 0 Å². The first-order chi connectivity index (χ1) is 8.72. The van der Waals surface area contributed by atoms with E-state index in [0.29, 0.717) is 11.8 Å². The van der Waals surface area contributed by atoms with Gasteiger partial charge < -0.3 is 9.32 Å². The molecule has 1 aromatic rings. The molecule has 5 nitrogen and oxygen atoms in total. The topological polar surface area (TPSA) is 45.4 Å². The Kier molecular flexibility index (Phi) is 3.35. The lowest BCUT2D eigenvalue weighted by molar-refractivity contribution is 0.141. The average molecular weight is 250 g/mol. The van der Waals surface area contributed by atoms with Crippen molar-refractivity contribution in [1.29, 1.82) is 0 Å². The number of nitrogens with zero attached hydrogens (tertiary/aromatic N) is 4. The number of hydrogen-bond acceptors (Lipinski definition) is 5. The van der Waals surface area contributed by atoms with Gasteiger partial charge in [-0.25, -0.2) is 0 Å². The Balaban J connectivity index is 1.58. The maximum Gasteiger partial charge on any atom is 0.220 e. The molecule has 0 amide bonds. The zero-order valence-electron chi connectivity index (χ0n) is 11.3. The molecule has 1 aromatic heterocycles. The van der Waals surface area contributed by atoms with Gasteiger partial charge in [-0.15, -0.1) is 10.2 Å². The molecule has 1 atom stereocenters. The van der Waals surface area contributed by atoms with E-state index in [1.165, 1.54) is 32.5 Å². The number of aryl methyl sites for hydroxylation is 1. The smallest absolute Gasteiger partial charge is 0.220 e.